The molecule has 0 amide bonds. The van der Waals surface area contributed by atoms with Crippen LogP contribution in [0.3, 0.4) is 0 Å². The minimum Gasteiger partial charge on any atom is -0.383 e. The molecule has 2 rings (SSSR count). The molecule has 1 atom stereocenters. The molecule has 1 aliphatic rings. The fraction of sp³-hybridized carbons (Fsp3) is 0.625. The third kappa shape index (κ3) is 3.95. The number of aryl methyl sites for hydroxylation is 1. The maximum atomic E-state index is 5.03. The zero-order valence-corrected chi connectivity index (χ0v) is 12.4. The molecule has 1 unspecified atom stereocenters. The van der Waals surface area contributed by atoms with Gasteiger partial charge in [0, 0.05) is 39.0 Å². The van der Waals surface area contributed by atoms with Gasteiger partial charge in [-0.3, -0.25) is 0 Å². The van der Waals surface area contributed by atoms with Crippen molar-refractivity contribution in [1.82, 2.24) is 5.32 Å². The lowest BCUT2D eigenvalue weighted by Gasteiger charge is -2.21. The number of hydrogen-bond donors (Lipinski definition) is 1. The predicted molar refractivity (Wildman–Crippen MR) is 80.8 cm³/mol. The Labute approximate surface area is 116 Å². The largest absolute Gasteiger partial charge is 0.383 e. The van der Waals surface area contributed by atoms with E-state index in [9.17, 15) is 0 Å². The van der Waals surface area contributed by atoms with Crippen molar-refractivity contribution in [2.24, 2.45) is 5.92 Å². The van der Waals surface area contributed by atoms with Crippen LogP contribution in [0, 0.1) is 12.8 Å². The van der Waals surface area contributed by atoms with E-state index in [1.165, 1.54) is 36.3 Å². The van der Waals surface area contributed by atoms with E-state index in [1.807, 2.05) is 0 Å². The van der Waals surface area contributed by atoms with Gasteiger partial charge in [-0.1, -0.05) is 19.1 Å². The summed E-state index contributed by atoms with van der Waals surface area (Å²) in [6, 6.07) is 6.82. The monoisotopic (exact) mass is 262 g/mol. The fourth-order valence-electron chi connectivity index (χ4n) is 2.74. The van der Waals surface area contributed by atoms with E-state index in [4.69, 9.17) is 4.74 Å². The second-order valence-corrected chi connectivity index (χ2v) is 5.63. The maximum absolute atomic E-state index is 5.03. The van der Waals surface area contributed by atoms with Crippen LogP contribution in [0.2, 0.25) is 0 Å². The number of hydrogen-bond acceptors (Lipinski definition) is 3. The van der Waals surface area contributed by atoms with Gasteiger partial charge in [0.25, 0.3) is 0 Å². The third-order valence-electron chi connectivity index (χ3n) is 3.84. The van der Waals surface area contributed by atoms with Gasteiger partial charge in [0.1, 0.15) is 0 Å². The van der Waals surface area contributed by atoms with E-state index in [2.05, 4.69) is 42.3 Å². The lowest BCUT2D eigenvalue weighted by Crippen LogP contribution is -2.21. The van der Waals surface area contributed by atoms with Gasteiger partial charge in [-0.2, -0.15) is 0 Å². The molecule has 1 saturated heterocycles. The molecule has 106 valence electrons. The van der Waals surface area contributed by atoms with Crippen LogP contribution in [-0.2, 0) is 11.3 Å². The van der Waals surface area contributed by atoms with Crippen LogP contribution in [0.15, 0.2) is 18.2 Å². The first-order valence-electron chi connectivity index (χ1n) is 7.25. The lowest BCUT2D eigenvalue weighted by atomic mass is 10.1. The Hall–Kier alpha value is -1.06. The van der Waals surface area contributed by atoms with Crippen molar-refractivity contribution in [3.8, 4) is 0 Å². The molecule has 1 N–H and O–H groups in total. The Morgan fingerprint density at radius 2 is 2.26 bits per heavy atom. The first-order valence-corrected chi connectivity index (χ1v) is 7.25. The van der Waals surface area contributed by atoms with Crippen molar-refractivity contribution < 1.29 is 4.74 Å². The summed E-state index contributed by atoms with van der Waals surface area (Å²) in [4.78, 5) is 2.52. The zero-order chi connectivity index (χ0) is 13.7. The molecule has 0 radical (unpaired) electrons. The third-order valence-corrected chi connectivity index (χ3v) is 3.84. The molecule has 1 aromatic carbocycles. The number of benzene rings is 1. The second-order valence-electron chi connectivity index (χ2n) is 5.63. The minimum absolute atomic E-state index is 0.767. The summed E-state index contributed by atoms with van der Waals surface area (Å²) < 4.78 is 5.03. The normalized spacial score (nSPS) is 19.1. The molecule has 0 saturated carbocycles. The summed E-state index contributed by atoms with van der Waals surface area (Å²) in [5.74, 6) is 0.829. The van der Waals surface area contributed by atoms with E-state index < -0.39 is 0 Å². The summed E-state index contributed by atoms with van der Waals surface area (Å²) >= 11 is 0. The summed E-state index contributed by atoms with van der Waals surface area (Å²) in [5, 5.41) is 3.39. The Morgan fingerprint density at radius 1 is 1.42 bits per heavy atom. The Morgan fingerprint density at radius 3 is 2.89 bits per heavy atom. The van der Waals surface area contributed by atoms with E-state index in [1.54, 1.807) is 7.11 Å². The lowest BCUT2D eigenvalue weighted by molar-refractivity contribution is 0.199. The topological polar surface area (TPSA) is 24.5 Å². The number of ether oxygens (including phenoxy) is 1. The molecular formula is C16H26N2O. The molecule has 0 aliphatic carbocycles. The quantitative estimate of drug-likeness (QED) is 0.798. The van der Waals surface area contributed by atoms with Gasteiger partial charge in [0.15, 0.2) is 0 Å². The van der Waals surface area contributed by atoms with Crippen LogP contribution in [0.5, 0.6) is 0 Å². The molecule has 1 heterocycles. The predicted octanol–water partition coefficient (Wildman–Crippen LogP) is 2.58. The van der Waals surface area contributed by atoms with Crippen LogP contribution in [0.4, 0.5) is 5.69 Å². The molecule has 0 aromatic heterocycles. The highest BCUT2D eigenvalue weighted by Crippen LogP contribution is 2.27. The van der Waals surface area contributed by atoms with Crippen LogP contribution >= 0.6 is 0 Å². The number of methoxy groups -OCH3 is 1. The molecule has 1 aliphatic heterocycles. The van der Waals surface area contributed by atoms with E-state index in [0.29, 0.717) is 0 Å². The van der Waals surface area contributed by atoms with Crippen molar-refractivity contribution in [2.75, 3.05) is 38.3 Å². The van der Waals surface area contributed by atoms with Crippen molar-refractivity contribution in [1.29, 1.82) is 0 Å². The summed E-state index contributed by atoms with van der Waals surface area (Å²) in [7, 11) is 1.73. The molecule has 0 bridgehead atoms. The Kier molecular flexibility index (Phi) is 5.23. The van der Waals surface area contributed by atoms with E-state index in [-0.39, 0.29) is 0 Å². The summed E-state index contributed by atoms with van der Waals surface area (Å²) in [6.45, 7) is 9.55. The molecular weight excluding hydrogens is 236 g/mol. The van der Waals surface area contributed by atoms with Gasteiger partial charge in [-0.05, 0) is 36.5 Å². The number of rotatable bonds is 6. The average molecular weight is 262 g/mol. The van der Waals surface area contributed by atoms with Crippen molar-refractivity contribution >= 4 is 5.69 Å². The number of anilines is 1. The van der Waals surface area contributed by atoms with Crippen LogP contribution in [0.25, 0.3) is 0 Å². The van der Waals surface area contributed by atoms with E-state index in [0.717, 1.165) is 25.6 Å². The van der Waals surface area contributed by atoms with Crippen molar-refractivity contribution in [2.45, 2.75) is 26.8 Å². The highest BCUT2D eigenvalue weighted by molar-refractivity contribution is 5.55. The minimum atomic E-state index is 0.767. The van der Waals surface area contributed by atoms with Crippen molar-refractivity contribution in [3.63, 3.8) is 0 Å². The highest BCUT2D eigenvalue weighted by Gasteiger charge is 2.19. The van der Waals surface area contributed by atoms with Crippen molar-refractivity contribution in [3.05, 3.63) is 29.3 Å². The number of nitrogens with one attached hydrogen (secondary N) is 1. The van der Waals surface area contributed by atoms with Gasteiger partial charge in [-0.15, -0.1) is 0 Å². The Balaban J connectivity index is 1.93. The fourth-order valence-corrected chi connectivity index (χ4v) is 2.74. The van der Waals surface area contributed by atoms with Crippen LogP contribution in [0.1, 0.15) is 24.5 Å². The molecule has 3 nitrogen and oxygen atoms in total. The highest BCUT2D eigenvalue weighted by atomic mass is 16.5. The summed E-state index contributed by atoms with van der Waals surface area (Å²) in [5.41, 5.74) is 4.15. The van der Waals surface area contributed by atoms with Crippen LogP contribution in [-0.4, -0.2) is 33.4 Å². The van der Waals surface area contributed by atoms with E-state index >= 15 is 0 Å². The molecule has 3 heteroatoms. The zero-order valence-electron chi connectivity index (χ0n) is 12.4. The van der Waals surface area contributed by atoms with Gasteiger partial charge in [0.2, 0.25) is 0 Å². The average Bonchev–Trinajstić information content (AvgIpc) is 2.81. The SMILES string of the molecule is COCCNCc1ccc(N2CCC(C)C2)c(C)c1. The van der Waals surface area contributed by atoms with Crippen LogP contribution < -0.4 is 10.2 Å². The van der Waals surface area contributed by atoms with Gasteiger partial charge in [-0.25, -0.2) is 0 Å². The van der Waals surface area contributed by atoms with Gasteiger partial charge >= 0.3 is 0 Å². The second kappa shape index (κ2) is 6.92. The molecule has 1 aromatic rings. The Bertz CT molecular complexity index is 406. The smallest absolute Gasteiger partial charge is 0.0587 e. The standard InChI is InChI=1S/C16H26N2O/c1-13-6-8-18(12-13)16-5-4-15(10-14(16)2)11-17-7-9-19-3/h4-5,10,13,17H,6-9,11-12H2,1-3H3. The molecule has 19 heavy (non-hydrogen) atoms. The maximum Gasteiger partial charge on any atom is 0.0587 e. The van der Waals surface area contributed by atoms with Gasteiger partial charge < -0.3 is 15.0 Å². The van der Waals surface area contributed by atoms with Gasteiger partial charge in [0.05, 0.1) is 6.61 Å². The first kappa shape index (κ1) is 14.4. The summed E-state index contributed by atoms with van der Waals surface area (Å²) in [6.07, 6.45) is 1.32. The molecule has 0 spiro atoms. The molecule has 1 fully saturated rings. The first-order chi connectivity index (χ1) is 9.20. The number of nitrogens with zero attached hydrogens (tertiary/aromatic N) is 1.